The van der Waals surface area contributed by atoms with Gasteiger partial charge in [0.2, 0.25) is 5.91 Å². The van der Waals surface area contributed by atoms with Crippen molar-refractivity contribution in [2.45, 2.75) is 26.3 Å². The lowest BCUT2D eigenvalue weighted by Crippen LogP contribution is -2.39. The van der Waals surface area contributed by atoms with Gasteiger partial charge >= 0.3 is 5.97 Å². The Kier molecular flexibility index (Phi) is 6.97. The highest BCUT2D eigenvalue weighted by molar-refractivity contribution is 5.81. The van der Waals surface area contributed by atoms with Crippen LogP contribution in [-0.4, -0.2) is 47.6 Å². The van der Waals surface area contributed by atoms with Gasteiger partial charge in [0.15, 0.2) is 0 Å². The fourth-order valence-corrected chi connectivity index (χ4v) is 1.32. The second-order valence-corrected chi connectivity index (χ2v) is 3.51. The molecule has 16 heavy (non-hydrogen) atoms. The van der Waals surface area contributed by atoms with Crippen LogP contribution in [0.4, 0.5) is 0 Å². The Balaban J connectivity index is 4.27. The SMILES string of the molecule is C#CCN(CC(=O)O)C(=O)CC(C)NCC. The second-order valence-electron chi connectivity index (χ2n) is 3.51. The van der Waals surface area contributed by atoms with Crippen molar-refractivity contribution in [3.05, 3.63) is 0 Å². The molecule has 0 aliphatic rings. The molecule has 2 N–H and O–H groups in total. The molecular formula is C11H18N2O3. The summed E-state index contributed by atoms with van der Waals surface area (Å²) in [5, 5.41) is 11.7. The van der Waals surface area contributed by atoms with E-state index in [0.717, 1.165) is 11.4 Å². The van der Waals surface area contributed by atoms with Gasteiger partial charge in [0.1, 0.15) is 6.54 Å². The molecule has 0 rings (SSSR count). The first-order valence-electron chi connectivity index (χ1n) is 5.17. The zero-order chi connectivity index (χ0) is 12.6. The van der Waals surface area contributed by atoms with Crippen LogP contribution in [0.1, 0.15) is 20.3 Å². The lowest BCUT2D eigenvalue weighted by Gasteiger charge is -2.20. The van der Waals surface area contributed by atoms with E-state index in [9.17, 15) is 9.59 Å². The molecule has 90 valence electrons. The summed E-state index contributed by atoms with van der Waals surface area (Å²) in [6.07, 6.45) is 5.33. The van der Waals surface area contributed by atoms with Gasteiger partial charge in [0.05, 0.1) is 6.54 Å². The zero-order valence-electron chi connectivity index (χ0n) is 9.69. The van der Waals surface area contributed by atoms with Gasteiger partial charge < -0.3 is 15.3 Å². The Morgan fingerprint density at radius 1 is 1.56 bits per heavy atom. The number of terminal acetylenes is 1. The molecule has 0 heterocycles. The summed E-state index contributed by atoms with van der Waals surface area (Å²) in [6, 6.07) is 0.0200. The molecule has 1 unspecified atom stereocenters. The van der Waals surface area contributed by atoms with Crippen LogP contribution >= 0.6 is 0 Å². The molecule has 0 fully saturated rings. The Hall–Kier alpha value is -1.54. The van der Waals surface area contributed by atoms with Gasteiger partial charge in [0, 0.05) is 12.5 Å². The molecule has 0 saturated carbocycles. The van der Waals surface area contributed by atoms with E-state index < -0.39 is 5.97 Å². The zero-order valence-corrected chi connectivity index (χ0v) is 9.69. The number of hydrogen-bond acceptors (Lipinski definition) is 3. The van der Waals surface area contributed by atoms with Crippen LogP contribution in [0.5, 0.6) is 0 Å². The number of carboxylic acids is 1. The average molecular weight is 226 g/mol. The van der Waals surface area contributed by atoms with E-state index in [1.807, 2.05) is 13.8 Å². The van der Waals surface area contributed by atoms with Crippen LogP contribution in [0.15, 0.2) is 0 Å². The van der Waals surface area contributed by atoms with Gasteiger partial charge in [-0.15, -0.1) is 6.42 Å². The number of carbonyl (C=O) groups excluding carboxylic acids is 1. The summed E-state index contributed by atoms with van der Waals surface area (Å²) in [4.78, 5) is 23.4. The van der Waals surface area contributed by atoms with Crippen molar-refractivity contribution in [1.82, 2.24) is 10.2 Å². The van der Waals surface area contributed by atoms with Gasteiger partial charge in [-0.05, 0) is 13.5 Å². The van der Waals surface area contributed by atoms with Gasteiger partial charge in [-0.1, -0.05) is 12.8 Å². The molecule has 1 amide bonds. The van der Waals surface area contributed by atoms with E-state index in [0.29, 0.717) is 0 Å². The predicted octanol–water partition coefficient (Wildman–Crippen LogP) is -0.0791. The third-order valence-electron chi connectivity index (χ3n) is 1.99. The van der Waals surface area contributed by atoms with E-state index in [4.69, 9.17) is 11.5 Å². The summed E-state index contributed by atoms with van der Waals surface area (Å²) < 4.78 is 0. The highest BCUT2D eigenvalue weighted by Crippen LogP contribution is 1.98. The van der Waals surface area contributed by atoms with Gasteiger partial charge in [-0.3, -0.25) is 9.59 Å². The predicted molar refractivity (Wildman–Crippen MR) is 60.8 cm³/mol. The largest absolute Gasteiger partial charge is 0.480 e. The molecule has 0 bridgehead atoms. The molecule has 0 aromatic carbocycles. The highest BCUT2D eigenvalue weighted by Gasteiger charge is 2.17. The molecule has 1 atom stereocenters. The molecule has 0 aromatic heterocycles. The number of rotatable bonds is 7. The summed E-state index contributed by atoms with van der Waals surface area (Å²) in [7, 11) is 0. The van der Waals surface area contributed by atoms with Crippen molar-refractivity contribution in [3.63, 3.8) is 0 Å². The summed E-state index contributed by atoms with van der Waals surface area (Å²) in [6.45, 7) is 4.27. The number of carboxylic acid groups (broad SMARTS) is 1. The average Bonchev–Trinajstić information content (AvgIpc) is 2.16. The first-order chi connectivity index (χ1) is 7.51. The smallest absolute Gasteiger partial charge is 0.323 e. The van der Waals surface area contributed by atoms with E-state index in [-0.39, 0.29) is 31.5 Å². The number of nitrogens with one attached hydrogen (secondary N) is 1. The van der Waals surface area contributed by atoms with E-state index in [2.05, 4.69) is 11.2 Å². The highest BCUT2D eigenvalue weighted by atomic mass is 16.4. The van der Waals surface area contributed by atoms with Crippen LogP contribution in [-0.2, 0) is 9.59 Å². The standard InChI is InChI=1S/C11H18N2O3/c1-4-6-13(8-11(15)16)10(14)7-9(3)12-5-2/h1,9,12H,5-8H2,2-3H3,(H,15,16). The Morgan fingerprint density at radius 2 is 2.19 bits per heavy atom. The third-order valence-corrected chi connectivity index (χ3v) is 1.99. The van der Waals surface area contributed by atoms with E-state index >= 15 is 0 Å². The Morgan fingerprint density at radius 3 is 2.62 bits per heavy atom. The minimum absolute atomic E-state index is 0.0200. The maximum absolute atomic E-state index is 11.7. The number of nitrogens with zero attached hydrogens (tertiary/aromatic N) is 1. The quantitative estimate of drug-likeness (QED) is 0.596. The Labute approximate surface area is 95.8 Å². The monoisotopic (exact) mass is 226 g/mol. The van der Waals surface area contributed by atoms with Gasteiger partial charge in [-0.2, -0.15) is 0 Å². The van der Waals surface area contributed by atoms with E-state index in [1.165, 1.54) is 0 Å². The topological polar surface area (TPSA) is 69.6 Å². The first kappa shape index (κ1) is 14.5. The van der Waals surface area contributed by atoms with Crippen LogP contribution < -0.4 is 5.32 Å². The number of amides is 1. The molecule has 0 saturated heterocycles. The van der Waals surface area contributed by atoms with Crippen molar-refractivity contribution in [2.75, 3.05) is 19.6 Å². The maximum Gasteiger partial charge on any atom is 0.323 e. The minimum Gasteiger partial charge on any atom is -0.480 e. The lowest BCUT2D eigenvalue weighted by molar-refractivity contribution is -0.144. The fourth-order valence-electron chi connectivity index (χ4n) is 1.32. The van der Waals surface area contributed by atoms with Crippen molar-refractivity contribution in [1.29, 1.82) is 0 Å². The Bertz CT molecular complexity index is 283. The van der Waals surface area contributed by atoms with Crippen LogP contribution in [0, 0.1) is 12.3 Å². The van der Waals surface area contributed by atoms with Crippen molar-refractivity contribution in [3.8, 4) is 12.3 Å². The molecule has 0 radical (unpaired) electrons. The number of aliphatic carboxylic acids is 1. The van der Waals surface area contributed by atoms with E-state index in [1.54, 1.807) is 0 Å². The molecule has 0 aliphatic heterocycles. The molecule has 0 aromatic rings. The normalized spacial score (nSPS) is 11.6. The minimum atomic E-state index is -1.06. The number of hydrogen-bond donors (Lipinski definition) is 2. The van der Waals surface area contributed by atoms with Gasteiger partial charge in [-0.25, -0.2) is 0 Å². The molecule has 0 aliphatic carbocycles. The first-order valence-corrected chi connectivity index (χ1v) is 5.17. The molecule has 0 spiro atoms. The number of carbonyl (C=O) groups is 2. The van der Waals surface area contributed by atoms with Crippen molar-refractivity contribution < 1.29 is 14.7 Å². The van der Waals surface area contributed by atoms with Crippen molar-refractivity contribution >= 4 is 11.9 Å². The fraction of sp³-hybridized carbons (Fsp3) is 0.636. The van der Waals surface area contributed by atoms with Crippen molar-refractivity contribution in [2.24, 2.45) is 0 Å². The van der Waals surface area contributed by atoms with Crippen LogP contribution in [0.25, 0.3) is 0 Å². The molecule has 5 heteroatoms. The molecule has 5 nitrogen and oxygen atoms in total. The second kappa shape index (κ2) is 7.71. The maximum atomic E-state index is 11.7. The summed E-state index contributed by atoms with van der Waals surface area (Å²) in [5.74, 6) is 0.983. The van der Waals surface area contributed by atoms with Gasteiger partial charge in [0.25, 0.3) is 0 Å². The lowest BCUT2D eigenvalue weighted by atomic mass is 10.2. The van der Waals surface area contributed by atoms with Crippen LogP contribution in [0.2, 0.25) is 0 Å². The summed E-state index contributed by atoms with van der Waals surface area (Å²) in [5.41, 5.74) is 0. The third kappa shape index (κ3) is 6.04. The summed E-state index contributed by atoms with van der Waals surface area (Å²) >= 11 is 0. The molecular weight excluding hydrogens is 208 g/mol. The van der Waals surface area contributed by atoms with Crippen LogP contribution in [0.3, 0.4) is 0 Å².